The minimum absolute atomic E-state index is 0.849. The summed E-state index contributed by atoms with van der Waals surface area (Å²) in [6, 6.07) is 51.7. The average molecular weight is 575 g/mol. The molecule has 0 aliphatic heterocycles. The lowest BCUT2D eigenvalue weighted by atomic mass is 9.85. The van der Waals surface area contributed by atoms with Gasteiger partial charge < -0.3 is 0 Å². The van der Waals surface area contributed by atoms with E-state index < -0.39 is 0 Å². The summed E-state index contributed by atoms with van der Waals surface area (Å²) >= 11 is 0. The molecule has 45 heavy (non-hydrogen) atoms. The number of nitrogens with zero attached hydrogens (tertiary/aromatic N) is 4. The molecule has 2 heterocycles. The van der Waals surface area contributed by atoms with Crippen LogP contribution in [0.3, 0.4) is 0 Å². The van der Waals surface area contributed by atoms with Crippen molar-refractivity contribution in [2.24, 2.45) is 0 Å². The molecule has 210 valence electrons. The molecule has 0 aliphatic carbocycles. The van der Waals surface area contributed by atoms with Crippen molar-refractivity contribution >= 4 is 43.4 Å². The molecule has 0 fully saturated rings. The van der Waals surface area contributed by atoms with E-state index in [9.17, 15) is 0 Å². The lowest BCUT2D eigenvalue weighted by Gasteiger charge is -2.18. The Morgan fingerprint density at radius 1 is 0.400 bits per heavy atom. The normalized spacial score (nSPS) is 11.6. The van der Waals surface area contributed by atoms with E-state index >= 15 is 0 Å². The Bertz CT molecular complexity index is 2470. The zero-order valence-electron chi connectivity index (χ0n) is 24.3. The molecule has 9 aromatic rings. The van der Waals surface area contributed by atoms with Gasteiger partial charge in [-0.3, -0.25) is 4.98 Å². The molecular weight excluding hydrogens is 548 g/mol. The number of rotatable bonds is 4. The highest BCUT2D eigenvalue weighted by Gasteiger charge is 2.17. The van der Waals surface area contributed by atoms with Crippen LogP contribution in [-0.2, 0) is 0 Å². The van der Waals surface area contributed by atoms with Crippen molar-refractivity contribution in [2.45, 2.75) is 0 Å². The topological polar surface area (TPSA) is 43.6 Å². The first-order valence-electron chi connectivity index (χ1n) is 15.1. The van der Waals surface area contributed by atoms with Gasteiger partial charge in [-0.05, 0) is 96.5 Å². The number of pyridine rings is 1. The van der Waals surface area contributed by atoms with Gasteiger partial charge in [0.25, 0.3) is 0 Å². The van der Waals surface area contributed by atoms with Gasteiger partial charge in [-0.1, -0.05) is 109 Å². The van der Waals surface area contributed by atoms with E-state index in [0.717, 1.165) is 33.4 Å². The van der Waals surface area contributed by atoms with Crippen LogP contribution in [0.25, 0.3) is 82.4 Å². The van der Waals surface area contributed by atoms with Crippen molar-refractivity contribution in [2.75, 3.05) is 0 Å². The largest absolute Gasteiger partial charge is 0.264 e. The fraction of sp³-hybridized carbons (Fsp3) is 0. The van der Waals surface area contributed by atoms with Crippen LogP contribution in [0, 0.1) is 0 Å². The molecule has 0 spiro atoms. The zero-order valence-corrected chi connectivity index (χ0v) is 24.3. The van der Waals surface area contributed by atoms with E-state index in [1.807, 2.05) is 18.3 Å². The van der Waals surface area contributed by atoms with Gasteiger partial charge in [0.05, 0.1) is 5.69 Å². The molecule has 0 atom stereocenters. The summed E-state index contributed by atoms with van der Waals surface area (Å²) < 4.78 is 0. The minimum Gasteiger partial charge on any atom is -0.264 e. The van der Waals surface area contributed by atoms with Gasteiger partial charge in [-0.15, -0.1) is 10.2 Å². The highest BCUT2D eigenvalue weighted by molar-refractivity contribution is 6.21. The van der Waals surface area contributed by atoms with Gasteiger partial charge in [-0.2, -0.15) is 4.80 Å². The van der Waals surface area contributed by atoms with E-state index in [1.165, 1.54) is 49.0 Å². The fourth-order valence-electron chi connectivity index (χ4n) is 6.60. The van der Waals surface area contributed by atoms with Crippen molar-refractivity contribution in [1.29, 1.82) is 0 Å². The minimum atomic E-state index is 0.849. The van der Waals surface area contributed by atoms with E-state index in [2.05, 4.69) is 138 Å². The predicted octanol–water partition coefficient (Wildman–Crippen LogP) is 10.3. The van der Waals surface area contributed by atoms with Crippen LogP contribution in [0.4, 0.5) is 0 Å². The highest BCUT2D eigenvalue weighted by Crippen LogP contribution is 2.44. The Morgan fingerprint density at radius 3 is 1.69 bits per heavy atom. The first-order chi connectivity index (χ1) is 22.3. The second-order valence-electron chi connectivity index (χ2n) is 11.4. The smallest absolute Gasteiger partial charge is 0.114 e. The summed E-state index contributed by atoms with van der Waals surface area (Å²) in [5, 5.41) is 17.1. The van der Waals surface area contributed by atoms with Gasteiger partial charge >= 0.3 is 0 Å². The maximum absolute atomic E-state index is 4.82. The molecule has 4 nitrogen and oxygen atoms in total. The number of benzene rings is 7. The molecule has 7 aromatic carbocycles. The summed E-state index contributed by atoms with van der Waals surface area (Å²) in [4.78, 5) is 5.98. The van der Waals surface area contributed by atoms with Crippen LogP contribution in [0.2, 0.25) is 0 Å². The average Bonchev–Trinajstić information content (AvgIpc) is 3.54. The van der Waals surface area contributed by atoms with E-state index in [0.29, 0.717) is 0 Å². The third kappa shape index (κ3) is 4.27. The number of aromatic nitrogens is 4. The maximum Gasteiger partial charge on any atom is 0.114 e. The van der Waals surface area contributed by atoms with Crippen molar-refractivity contribution in [3.8, 4) is 39.1 Å². The van der Waals surface area contributed by atoms with Gasteiger partial charge in [0, 0.05) is 18.0 Å². The Kier molecular flexibility index (Phi) is 5.78. The molecule has 4 heteroatoms. The lowest BCUT2D eigenvalue weighted by molar-refractivity contribution is 0.766. The summed E-state index contributed by atoms with van der Waals surface area (Å²) in [5.74, 6) is 0. The molecule has 0 N–H and O–H groups in total. The third-order valence-electron chi connectivity index (χ3n) is 8.73. The molecular formula is C41H26N4. The Labute approximate surface area is 259 Å². The van der Waals surface area contributed by atoms with Gasteiger partial charge in [0.15, 0.2) is 0 Å². The quantitative estimate of drug-likeness (QED) is 0.196. The predicted molar refractivity (Wildman–Crippen MR) is 185 cm³/mol. The first kappa shape index (κ1) is 25.4. The Morgan fingerprint density at radius 2 is 1.00 bits per heavy atom. The van der Waals surface area contributed by atoms with Crippen LogP contribution >= 0.6 is 0 Å². The number of hydrogen-bond acceptors (Lipinski definition) is 3. The van der Waals surface area contributed by atoms with Gasteiger partial charge in [0.2, 0.25) is 0 Å². The molecule has 0 saturated carbocycles. The van der Waals surface area contributed by atoms with E-state index in [-0.39, 0.29) is 0 Å². The zero-order chi connectivity index (χ0) is 29.7. The van der Waals surface area contributed by atoms with Crippen molar-refractivity contribution < 1.29 is 0 Å². The van der Waals surface area contributed by atoms with Crippen LogP contribution in [-0.4, -0.2) is 20.0 Å². The van der Waals surface area contributed by atoms with Crippen LogP contribution in [0.15, 0.2) is 158 Å². The maximum atomic E-state index is 4.82. The molecule has 0 saturated heterocycles. The first-order valence-corrected chi connectivity index (χ1v) is 15.1. The number of fused-ring (bicyclic) bond motifs is 4. The molecule has 9 rings (SSSR count). The molecule has 2 aromatic heterocycles. The van der Waals surface area contributed by atoms with Crippen molar-refractivity contribution in [3.63, 3.8) is 0 Å². The molecule has 0 amide bonds. The Balaban J connectivity index is 1.17. The monoisotopic (exact) mass is 574 g/mol. The highest BCUT2D eigenvalue weighted by atomic mass is 15.5. The standard InChI is InChI=1S/C41H26N4/c1-2-9-29-24-31(16-15-27(29)8-1)41-36-13-5-3-11-34(36)40(35-12-4-6-14-37(35)41)28-17-20-33(21-18-28)45-43-38-22-19-30(25-39(38)44-45)32-10-7-23-42-26-32/h1-26H. The van der Waals surface area contributed by atoms with Gasteiger partial charge in [0.1, 0.15) is 11.0 Å². The van der Waals surface area contributed by atoms with Crippen molar-refractivity contribution in [1.82, 2.24) is 20.0 Å². The summed E-state index contributed by atoms with van der Waals surface area (Å²) in [6.45, 7) is 0. The third-order valence-corrected chi connectivity index (χ3v) is 8.73. The van der Waals surface area contributed by atoms with Crippen LogP contribution in [0.5, 0.6) is 0 Å². The van der Waals surface area contributed by atoms with E-state index in [1.54, 1.807) is 11.0 Å². The van der Waals surface area contributed by atoms with Gasteiger partial charge in [-0.25, -0.2) is 0 Å². The summed E-state index contributed by atoms with van der Waals surface area (Å²) in [5.41, 5.74) is 9.64. The lowest BCUT2D eigenvalue weighted by Crippen LogP contribution is -1.98. The molecule has 0 bridgehead atoms. The number of hydrogen-bond donors (Lipinski definition) is 0. The molecule has 0 radical (unpaired) electrons. The molecule has 0 aliphatic rings. The summed E-state index contributed by atoms with van der Waals surface area (Å²) in [7, 11) is 0. The second kappa shape index (κ2) is 10.2. The van der Waals surface area contributed by atoms with Crippen LogP contribution < -0.4 is 0 Å². The van der Waals surface area contributed by atoms with E-state index in [4.69, 9.17) is 10.2 Å². The SMILES string of the molecule is c1cncc(-c2ccc3nn(-c4ccc(-c5c6ccccc6c(-c6ccc7ccccc7c6)c6ccccc56)cc4)nc3c2)c1. The molecule has 0 unspecified atom stereocenters. The second-order valence-corrected chi connectivity index (χ2v) is 11.4. The summed E-state index contributed by atoms with van der Waals surface area (Å²) in [6.07, 6.45) is 3.65. The fourth-order valence-corrected chi connectivity index (χ4v) is 6.60. The van der Waals surface area contributed by atoms with Crippen LogP contribution in [0.1, 0.15) is 0 Å². The van der Waals surface area contributed by atoms with Crippen molar-refractivity contribution in [3.05, 3.63) is 158 Å². The Hall–Kier alpha value is -6.13.